The summed E-state index contributed by atoms with van der Waals surface area (Å²) >= 11 is 0. The predicted octanol–water partition coefficient (Wildman–Crippen LogP) is 2.26. The number of nitrogens with one attached hydrogen (secondary N) is 2. The first-order chi connectivity index (χ1) is 14.2. The number of hydrogen-bond donors (Lipinski definition) is 2. The van der Waals surface area contributed by atoms with Gasteiger partial charge in [0.1, 0.15) is 18.2 Å². The fraction of sp³-hybridized carbons (Fsp3) is 0.571. The summed E-state index contributed by atoms with van der Waals surface area (Å²) in [6.45, 7) is 2.11. The Hall–Kier alpha value is -1.88. The van der Waals surface area contributed by atoms with Gasteiger partial charge in [0.25, 0.3) is 0 Å². The van der Waals surface area contributed by atoms with Crippen molar-refractivity contribution in [3.63, 3.8) is 0 Å². The Balaban J connectivity index is 0.00000256. The van der Waals surface area contributed by atoms with Gasteiger partial charge in [-0.05, 0) is 37.0 Å². The summed E-state index contributed by atoms with van der Waals surface area (Å²) in [4.78, 5) is 8.98. The van der Waals surface area contributed by atoms with E-state index in [9.17, 15) is 0 Å². The van der Waals surface area contributed by atoms with Gasteiger partial charge in [0.05, 0.1) is 13.7 Å². The minimum atomic E-state index is 0. The van der Waals surface area contributed by atoms with Crippen molar-refractivity contribution >= 4 is 29.9 Å². The van der Waals surface area contributed by atoms with E-state index in [0.717, 1.165) is 49.3 Å². The number of halogens is 1. The Labute approximate surface area is 194 Å². The van der Waals surface area contributed by atoms with Crippen LogP contribution in [-0.4, -0.2) is 54.6 Å². The molecule has 2 aromatic rings. The van der Waals surface area contributed by atoms with Gasteiger partial charge in [-0.25, -0.2) is 9.67 Å². The quantitative estimate of drug-likeness (QED) is 0.327. The third-order valence-electron chi connectivity index (χ3n) is 5.89. The van der Waals surface area contributed by atoms with Gasteiger partial charge >= 0.3 is 0 Å². The van der Waals surface area contributed by atoms with E-state index >= 15 is 0 Å². The summed E-state index contributed by atoms with van der Waals surface area (Å²) in [7, 11) is 5.19. The smallest absolute Gasteiger partial charge is 0.191 e. The molecule has 2 aliphatic rings. The normalized spacial score (nSPS) is 19.4. The third-order valence-corrected chi connectivity index (χ3v) is 5.89. The van der Waals surface area contributed by atoms with Crippen LogP contribution in [0.25, 0.3) is 0 Å². The average molecular weight is 526 g/mol. The molecule has 8 nitrogen and oxygen atoms in total. The predicted molar refractivity (Wildman–Crippen MR) is 127 cm³/mol. The maximum atomic E-state index is 5.28. The van der Waals surface area contributed by atoms with Crippen molar-refractivity contribution in [2.24, 2.45) is 4.99 Å². The Morgan fingerprint density at radius 3 is 2.67 bits per heavy atom. The van der Waals surface area contributed by atoms with Gasteiger partial charge in [-0.1, -0.05) is 12.1 Å². The van der Waals surface area contributed by atoms with E-state index in [0.29, 0.717) is 6.61 Å². The molecular formula is C21H31IN6O2. The number of aliphatic imine (C=N–C) groups is 1. The summed E-state index contributed by atoms with van der Waals surface area (Å²) in [6.07, 6.45) is 4.30. The van der Waals surface area contributed by atoms with Crippen molar-refractivity contribution in [2.45, 2.75) is 50.3 Å². The fourth-order valence-corrected chi connectivity index (χ4v) is 3.97. The summed E-state index contributed by atoms with van der Waals surface area (Å²) in [5.41, 5.74) is 1.56. The second kappa shape index (κ2) is 9.95. The zero-order valence-electron chi connectivity index (χ0n) is 17.9. The number of rotatable bonds is 7. The van der Waals surface area contributed by atoms with E-state index in [1.807, 2.05) is 23.9 Å². The summed E-state index contributed by atoms with van der Waals surface area (Å²) in [6, 6.07) is 8.71. The number of nitrogens with zero attached hydrogens (tertiary/aromatic N) is 4. The molecule has 1 aromatic heterocycles. The molecule has 1 aromatic carbocycles. The van der Waals surface area contributed by atoms with Crippen molar-refractivity contribution < 1.29 is 9.47 Å². The zero-order chi connectivity index (χ0) is 20.3. The Bertz CT molecular complexity index is 863. The highest BCUT2D eigenvalue weighted by Gasteiger charge is 2.44. The molecule has 1 aliphatic carbocycles. The minimum Gasteiger partial charge on any atom is -0.497 e. The Morgan fingerprint density at radius 2 is 2.03 bits per heavy atom. The average Bonchev–Trinajstić information content (AvgIpc) is 3.44. The van der Waals surface area contributed by atoms with E-state index in [4.69, 9.17) is 9.47 Å². The second-order valence-electron chi connectivity index (χ2n) is 7.87. The lowest BCUT2D eigenvalue weighted by Gasteiger charge is -2.26. The topological polar surface area (TPSA) is 85.6 Å². The molecule has 2 N–H and O–H groups in total. The van der Waals surface area contributed by atoms with Gasteiger partial charge in [-0.2, -0.15) is 5.10 Å². The fourth-order valence-electron chi connectivity index (χ4n) is 3.97. The standard InChI is InChI=1S/C21H30N6O2.HI/c1-22-20(23-14-21(10-11-21)15-4-7-17(29-3)8-5-15)24-16-6-9-19-25-18(13-28-2)26-27(19)12-16;/h4-5,7-8,16H,6,9-14H2,1-3H3,(H2,22,23,24);1H. The van der Waals surface area contributed by atoms with E-state index in [1.165, 1.54) is 18.4 Å². The summed E-state index contributed by atoms with van der Waals surface area (Å²) in [5.74, 6) is 3.53. The molecule has 0 radical (unpaired) electrons. The van der Waals surface area contributed by atoms with Crippen LogP contribution in [-0.2, 0) is 29.7 Å². The van der Waals surface area contributed by atoms with Crippen LogP contribution in [0.15, 0.2) is 29.3 Å². The van der Waals surface area contributed by atoms with Crippen LogP contribution < -0.4 is 15.4 Å². The van der Waals surface area contributed by atoms with Crippen molar-refractivity contribution in [3.05, 3.63) is 41.5 Å². The molecule has 1 unspecified atom stereocenters. The molecule has 1 fully saturated rings. The highest BCUT2D eigenvalue weighted by molar-refractivity contribution is 14.0. The monoisotopic (exact) mass is 526 g/mol. The molecule has 4 rings (SSSR count). The van der Waals surface area contributed by atoms with Crippen LogP contribution in [0.1, 0.15) is 36.5 Å². The maximum absolute atomic E-state index is 5.28. The molecular weight excluding hydrogens is 495 g/mol. The molecule has 9 heteroatoms. The molecule has 1 saturated carbocycles. The molecule has 0 saturated heterocycles. The number of methoxy groups -OCH3 is 2. The first-order valence-corrected chi connectivity index (χ1v) is 10.2. The van der Waals surface area contributed by atoms with E-state index in [-0.39, 0.29) is 35.4 Å². The molecule has 1 atom stereocenters. The van der Waals surface area contributed by atoms with Gasteiger partial charge in [0.2, 0.25) is 0 Å². The summed E-state index contributed by atoms with van der Waals surface area (Å²) in [5, 5.41) is 11.6. The second-order valence-corrected chi connectivity index (χ2v) is 7.87. The van der Waals surface area contributed by atoms with Gasteiger partial charge in [0.15, 0.2) is 11.8 Å². The zero-order valence-corrected chi connectivity index (χ0v) is 20.2. The van der Waals surface area contributed by atoms with Gasteiger partial charge in [-0.3, -0.25) is 4.99 Å². The number of guanidine groups is 1. The lowest BCUT2D eigenvalue weighted by molar-refractivity contribution is 0.177. The highest BCUT2D eigenvalue weighted by atomic mass is 127. The molecule has 164 valence electrons. The summed E-state index contributed by atoms with van der Waals surface area (Å²) < 4.78 is 12.4. The number of ether oxygens (including phenoxy) is 2. The number of aryl methyl sites for hydroxylation is 1. The van der Waals surface area contributed by atoms with Crippen molar-refractivity contribution in [1.29, 1.82) is 0 Å². The van der Waals surface area contributed by atoms with Crippen LogP contribution in [0.3, 0.4) is 0 Å². The minimum absolute atomic E-state index is 0. The first kappa shape index (κ1) is 22.8. The van der Waals surface area contributed by atoms with E-state index in [2.05, 4.69) is 37.8 Å². The number of hydrogen-bond acceptors (Lipinski definition) is 5. The number of aromatic nitrogens is 3. The molecule has 0 amide bonds. The van der Waals surface area contributed by atoms with Crippen molar-refractivity contribution in [2.75, 3.05) is 27.8 Å². The van der Waals surface area contributed by atoms with Crippen LogP contribution in [0.5, 0.6) is 5.75 Å². The Kier molecular flexibility index (Phi) is 7.56. The van der Waals surface area contributed by atoms with Crippen LogP contribution in [0, 0.1) is 0 Å². The van der Waals surface area contributed by atoms with Crippen molar-refractivity contribution in [1.82, 2.24) is 25.4 Å². The van der Waals surface area contributed by atoms with Crippen LogP contribution in [0.2, 0.25) is 0 Å². The lowest BCUT2D eigenvalue weighted by atomic mass is 9.96. The number of benzene rings is 1. The molecule has 1 aliphatic heterocycles. The van der Waals surface area contributed by atoms with E-state index in [1.54, 1.807) is 14.2 Å². The largest absolute Gasteiger partial charge is 0.497 e. The molecule has 0 spiro atoms. The van der Waals surface area contributed by atoms with Crippen LogP contribution in [0.4, 0.5) is 0 Å². The SMILES string of the molecule is CN=C(NCC1(c2ccc(OC)cc2)CC1)NC1CCc2nc(COC)nn2C1.I. The molecule has 30 heavy (non-hydrogen) atoms. The lowest BCUT2D eigenvalue weighted by Crippen LogP contribution is -2.48. The third kappa shape index (κ3) is 5.05. The van der Waals surface area contributed by atoms with Gasteiger partial charge in [-0.15, -0.1) is 24.0 Å². The van der Waals surface area contributed by atoms with Gasteiger partial charge < -0.3 is 20.1 Å². The molecule has 2 heterocycles. The molecule has 0 bridgehead atoms. The van der Waals surface area contributed by atoms with E-state index < -0.39 is 0 Å². The number of fused-ring (bicyclic) bond motifs is 1. The van der Waals surface area contributed by atoms with Gasteiger partial charge in [0, 0.05) is 38.6 Å². The highest BCUT2D eigenvalue weighted by Crippen LogP contribution is 2.47. The van der Waals surface area contributed by atoms with Crippen LogP contribution >= 0.6 is 24.0 Å². The maximum Gasteiger partial charge on any atom is 0.191 e. The van der Waals surface area contributed by atoms with Crippen molar-refractivity contribution in [3.8, 4) is 5.75 Å². The first-order valence-electron chi connectivity index (χ1n) is 10.2. The Morgan fingerprint density at radius 1 is 1.27 bits per heavy atom.